The van der Waals surface area contributed by atoms with Crippen LogP contribution in [-0.4, -0.2) is 43.6 Å². The van der Waals surface area contributed by atoms with Gasteiger partial charge in [0.15, 0.2) is 0 Å². The van der Waals surface area contributed by atoms with Gasteiger partial charge in [0.25, 0.3) is 5.91 Å². The summed E-state index contributed by atoms with van der Waals surface area (Å²) in [6.45, 7) is 1.45. The molecule has 33 heavy (non-hydrogen) atoms. The van der Waals surface area contributed by atoms with Crippen molar-refractivity contribution >= 4 is 5.91 Å². The summed E-state index contributed by atoms with van der Waals surface area (Å²) in [5.74, 6) is 0.297. The molecule has 1 atom stereocenters. The fourth-order valence-corrected chi connectivity index (χ4v) is 4.49. The molecule has 1 saturated heterocycles. The van der Waals surface area contributed by atoms with E-state index in [1.165, 1.54) is 5.56 Å². The zero-order chi connectivity index (χ0) is 22.6. The number of nitrogens with zero attached hydrogens (tertiary/aromatic N) is 5. The summed E-state index contributed by atoms with van der Waals surface area (Å²) >= 11 is 0. The maximum Gasteiger partial charge on any atom is 0.254 e. The SMILES string of the molecule is Cn1cc(-c2cc(C(=O)N3CCC[C@H](c4cccc(Cc5ccccc5)n4)C3)ccn2)cn1. The Bertz CT molecular complexity index is 1250. The van der Waals surface area contributed by atoms with Crippen molar-refractivity contribution in [3.8, 4) is 11.3 Å². The van der Waals surface area contributed by atoms with Gasteiger partial charge in [-0.2, -0.15) is 5.10 Å². The van der Waals surface area contributed by atoms with E-state index < -0.39 is 0 Å². The highest BCUT2D eigenvalue weighted by Crippen LogP contribution is 2.27. The van der Waals surface area contributed by atoms with Crippen LogP contribution < -0.4 is 0 Å². The van der Waals surface area contributed by atoms with Crippen LogP contribution in [0.25, 0.3) is 11.3 Å². The van der Waals surface area contributed by atoms with Crippen LogP contribution in [0.4, 0.5) is 0 Å². The average molecular weight is 438 g/mol. The number of amides is 1. The Balaban J connectivity index is 1.31. The lowest BCUT2D eigenvalue weighted by atomic mass is 9.93. The first-order chi connectivity index (χ1) is 16.2. The lowest BCUT2D eigenvalue weighted by Crippen LogP contribution is -2.39. The number of carbonyl (C=O) groups is 1. The van der Waals surface area contributed by atoms with Crippen LogP contribution in [0.2, 0.25) is 0 Å². The fourth-order valence-electron chi connectivity index (χ4n) is 4.49. The first-order valence-corrected chi connectivity index (χ1v) is 11.4. The van der Waals surface area contributed by atoms with E-state index in [0.717, 1.165) is 48.5 Å². The zero-order valence-electron chi connectivity index (χ0n) is 18.8. The molecular weight excluding hydrogens is 410 g/mol. The van der Waals surface area contributed by atoms with Crippen LogP contribution in [0.15, 0.2) is 79.3 Å². The maximum atomic E-state index is 13.3. The third-order valence-electron chi connectivity index (χ3n) is 6.19. The van der Waals surface area contributed by atoms with Gasteiger partial charge in [-0.05, 0) is 42.7 Å². The average Bonchev–Trinajstić information content (AvgIpc) is 3.31. The third-order valence-corrected chi connectivity index (χ3v) is 6.19. The summed E-state index contributed by atoms with van der Waals surface area (Å²) in [6, 6.07) is 20.3. The monoisotopic (exact) mass is 437 g/mol. The van der Waals surface area contributed by atoms with E-state index in [-0.39, 0.29) is 11.8 Å². The molecule has 1 aromatic carbocycles. The molecule has 0 bridgehead atoms. The number of aryl methyl sites for hydroxylation is 1. The topological polar surface area (TPSA) is 63.9 Å². The van der Waals surface area contributed by atoms with E-state index in [9.17, 15) is 4.79 Å². The molecule has 0 spiro atoms. The minimum Gasteiger partial charge on any atom is -0.338 e. The molecule has 4 heterocycles. The van der Waals surface area contributed by atoms with Crippen LogP contribution in [0, 0.1) is 0 Å². The van der Waals surface area contributed by atoms with Crippen molar-refractivity contribution < 1.29 is 4.79 Å². The Morgan fingerprint density at radius 1 is 1.09 bits per heavy atom. The molecule has 1 amide bonds. The molecule has 6 heteroatoms. The first-order valence-electron chi connectivity index (χ1n) is 11.4. The number of benzene rings is 1. The van der Waals surface area contributed by atoms with Gasteiger partial charge in [0, 0.05) is 67.4 Å². The highest BCUT2D eigenvalue weighted by atomic mass is 16.2. The fraction of sp³-hybridized carbons (Fsp3) is 0.259. The van der Waals surface area contributed by atoms with Gasteiger partial charge in [-0.3, -0.25) is 19.4 Å². The van der Waals surface area contributed by atoms with Gasteiger partial charge in [-0.15, -0.1) is 0 Å². The summed E-state index contributed by atoms with van der Waals surface area (Å²) in [6.07, 6.45) is 8.21. The summed E-state index contributed by atoms with van der Waals surface area (Å²) in [7, 11) is 1.87. The van der Waals surface area contributed by atoms with Gasteiger partial charge in [-0.1, -0.05) is 36.4 Å². The van der Waals surface area contributed by atoms with Gasteiger partial charge in [0.05, 0.1) is 11.9 Å². The molecule has 1 aliphatic rings. The quantitative estimate of drug-likeness (QED) is 0.462. The van der Waals surface area contributed by atoms with E-state index in [0.29, 0.717) is 12.1 Å². The van der Waals surface area contributed by atoms with Gasteiger partial charge < -0.3 is 4.90 Å². The van der Waals surface area contributed by atoms with E-state index in [4.69, 9.17) is 4.98 Å². The molecule has 0 N–H and O–H groups in total. The van der Waals surface area contributed by atoms with E-state index in [2.05, 4.69) is 52.5 Å². The van der Waals surface area contributed by atoms with Gasteiger partial charge in [-0.25, -0.2) is 0 Å². The van der Waals surface area contributed by atoms with Crippen molar-refractivity contribution in [1.29, 1.82) is 0 Å². The summed E-state index contributed by atoms with van der Waals surface area (Å²) in [5.41, 5.74) is 5.73. The number of carbonyl (C=O) groups excluding carboxylic acids is 1. The zero-order valence-corrected chi connectivity index (χ0v) is 18.8. The van der Waals surface area contributed by atoms with Crippen LogP contribution in [0.3, 0.4) is 0 Å². The Morgan fingerprint density at radius 2 is 1.97 bits per heavy atom. The third kappa shape index (κ3) is 4.85. The molecule has 1 fully saturated rings. The van der Waals surface area contributed by atoms with Gasteiger partial charge >= 0.3 is 0 Å². The number of piperidine rings is 1. The molecule has 4 aromatic rings. The predicted molar refractivity (Wildman–Crippen MR) is 128 cm³/mol. The number of likely N-dealkylation sites (tertiary alicyclic amines) is 1. The van der Waals surface area contributed by atoms with E-state index in [1.807, 2.05) is 30.3 Å². The molecule has 1 aliphatic heterocycles. The molecule has 0 unspecified atom stereocenters. The van der Waals surface area contributed by atoms with Gasteiger partial charge in [0.1, 0.15) is 0 Å². The minimum absolute atomic E-state index is 0.0488. The Kier molecular flexibility index (Phi) is 5.98. The lowest BCUT2D eigenvalue weighted by molar-refractivity contribution is 0.0706. The molecule has 0 saturated carbocycles. The number of hydrogen-bond acceptors (Lipinski definition) is 4. The van der Waals surface area contributed by atoms with Crippen molar-refractivity contribution in [3.05, 3.63) is 102 Å². The smallest absolute Gasteiger partial charge is 0.254 e. The second kappa shape index (κ2) is 9.36. The molecule has 0 radical (unpaired) electrons. The molecule has 0 aliphatic carbocycles. The number of rotatable bonds is 5. The van der Waals surface area contributed by atoms with Crippen molar-refractivity contribution in [2.24, 2.45) is 7.05 Å². The predicted octanol–water partition coefficient (Wildman–Crippen LogP) is 4.49. The maximum absolute atomic E-state index is 13.3. The lowest BCUT2D eigenvalue weighted by Gasteiger charge is -2.32. The summed E-state index contributed by atoms with van der Waals surface area (Å²) in [5, 5.41) is 4.21. The number of hydrogen-bond donors (Lipinski definition) is 0. The summed E-state index contributed by atoms with van der Waals surface area (Å²) in [4.78, 5) is 24.7. The first kappa shape index (κ1) is 21.1. The Morgan fingerprint density at radius 3 is 2.79 bits per heavy atom. The van der Waals surface area contributed by atoms with Crippen LogP contribution in [0.1, 0.15) is 46.1 Å². The van der Waals surface area contributed by atoms with E-state index >= 15 is 0 Å². The highest BCUT2D eigenvalue weighted by Gasteiger charge is 2.26. The molecule has 3 aromatic heterocycles. The van der Waals surface area contributed by atoms with E-state index in [1.54, 1.807) is 23.1 Å². The van der Waals surface area contributed by atoms with Crippen LogP contribution in [0.5, 0.6) is 0 Å². The normalized spacial score (nSPS) is 16.0. The Hall–Kier alpha value is -3.80. The van der Waals surface area contributed by atoms with Crippen molar-refractivity contribution in [2.75, 3.05) is 13.1 Å². The van der Waals surface area contributed by atoms with Crippen LogP contribution >= 0.6 is 0 Å². The number of pyridine rings is 2. The molecule has 166 valence electrons. The standard InChI is InChI=1S/C27H27N5O/c1-31-18-23(17-29-31)26-16-21(12-13-28-26)27(33)32-14-6-9-22(19-32)25-11-5-10-24(30-25)15-20-7-3-2-4-8-20/h2-5,7-8,10-13,16-18,22H,6,9,14-15,19H2,1H3/t22-/m0/s1. The Labute approximate surface area is 193 Å². The highest BCUT2D eigenvalue weighted by molar-refractivity contribution is 5.95. The second-order valence-corrected chi connectivity index (χ2v) is 8.64. The molecular formula is C27H27N5O. The van der Waals surface area contributed by atoms with Crippen molar-refractivity contribution in [2.45, 2.75) is 25.2 Å². The molecule has 6 nitrogen and oxygen atoms in total. The van der Waals surface area contributed by atoms with Crippen LogP contribution in [-0.2, 0) is 13.5 Å². The summed E-state index contributed by atoms with van der Waals surface area (Å²) < 4.78 is 1.74. The van der Waals surface area contributed by atoms with Gasteiger partial charge in [0.2, 0.25) is 0 Å². The second-order valence-electron chi connectivity index (χ2n) is 8.64. The van der Waals surface area contributed by atoms with Crippen molar-refractivity contribution in [1.82, 2.24) is 24.6 Å². The molecule has 5 rings (SSSR count). The number of aromatic nitrogens is 4. The van der Waals surface area contributed by atoms with Crippen molar-refractivity contribution in [3.63, 3.8) is 0 Å². The largest absolute Gasteiger partial charge is 0.338 e. The minimum atomic E-state index is 0.0488.